The van der Waals surface area contributed by atoms with E-state index in [0.29, 0.717) is 62.7 Å². The summed E-state index contributed by atoms with van der Waals surface area (Å²) in [6.07, 6.45) is 5.19. The number of amides is 1. The first-order valence-corrected chi connectivity index (χ1v) is 12.2. The second-order valence-electron chi connectivity index (χ2n) is 8.06. The lowest BCUT2D eigenvalue weighted by Gasteiger charge is -2.24. The predicted octanol–water partition coefficient (Wildman–Crippen LogP) is 1.90. The molecule has 1 aliphatic heterocycles. The molecule has 2 aliphatic rings. The number of nitrogens with one attached hydrogen (secondary N) is 2. The summed E-state index contributed by atoms with van der Waals surface area (Å²) >= 11 is 0. The summed E-state index contributed by atoms with van der Waals surface area (Å²) in [5, 5.41) is 2.99. The number of hydrogen-bond acceptors (Lipinski definition) is 6. The number of unbranched alkanes of at least 4 members (excludes halogenated alkanes) is 2. The zero-order valence-electron chi connectivity index (χ0n) is 17.9. The van der Waals surface area contributed by atoms with Crippen LogP contribution in [0.25, 0.3) is 0 Å². The Bertz CT molecular complexity index is 826. The molecule has 0 radical (unpaired) electrons. The van der Waals surface area contributed by atoms with Gasteiger partial charge < -0.3 is 14.8 Å². The van der Waals surface area contributed by atoms with E-state index in [1.54, 1.807) is 6.07 Å². The van der Waals surface area contributed by atoms with Crippen LogP contribution in [0.1, 0.15) is 45.4 Å². The molecule has 1 atom stereocenters. The zero-order valence-corrected chi connectivity index (χ0v) is 18.7. The Labute approximate surface area is 179 Å². The highest BCUT2D eigenvalue weighted by Gasteiger charge is 2.29. The minimum atomic E-state index is -3.60. The number of nitrogens with zero attached hydrogens (tertiary/aromatic N) is 1. The Morgan fingerprint density at radius 3 is 2.63 bits per heavy atom. The third-order valence-corrected chi connectivity index (χ3v) is 7.07. The number of rotatable bonds is 12. The molecule has 8 nitrogen and oxygen atoms in total. The topological polar surface area (TPSA) is 97.0 Å². The molecule has 1 aromatic rings. The van der Waals surface area contributed by atoms with Crippen molar-refractivity contribution in [2.45, 2.75) is 62.4 Å². The van der Waals surface area contributed by atoms with Gasteiger partial charge >= 0.3 is 0 Å². The molecule has 0 saturated heterocycles. The van der Waals surface area contributed by atoms with E-state index in [1.807, 2.05) is 0 Å². The van der Waals surface area contributed by atoms with Crippen LogP contribution < -0.4 is 19.5 Å². The lowest BCUT2D eigenvalue weighted by Crippen LogP contribution is -2.41. The summed E-state index contributed by atoms with van der Waals surface area (Å²) in [5.74, 6) is 1.07. The fraction of sp³-hybridized carbons (Fsp3) is 0.667. The number of benzene rings is 1. The van der Waals surface area contributed by atoms with Gasteiger partial charge in [0.25, 0.3) is 0 Å². The molecule has 1 unspecified atom stereocenters. The van der Waals surface area contributed by atoms with Crippen molar-refractivity contribution in [1.82, 2.24) is 14.9 Å². The van der Waals surface area contributed by atoms with E-state index in [-0.39, 0.29) is 10.8 Å². The number of ether oxygens (including phenoxy) is 2. The van der Waals surface area contributed by atoms with Crippen LogP contribution in [0.15, 0.2) is 23.1 Å². The predicted molar refractivity (Wildman–Crippen MR) is 114 cm³/mol. The van der Waals surface area contributed by atoms with Crippen molar-refractivity contribution in [3.8, 4) is 11.5 Å². The van der Waals surface area contributed by atoms with Crippen LogP contribution >= 0.6 is 0 Å². The van der Waals surface area contributed by atoms with E-state index in [9.17, 15) is 13.2 Å². The highest BCUT2D eigenvalue weighted by molar-refractivity contribution is 7.89. The Morgan fingerprint density at radius 2 is 1.90 bits per heavy atom. The Hall–Kier alpha value is -1.84. The van der Waals surface area contributed by atoms with E-state index in [2.05, 4.69) is 28.9 Å². The van der Waals surface area contributed by atoms with Gasteiger partial charge in [0, 0.05) is 37.7 Å². The van der Waals surface area contributed by atoms with Crippen molar-refractivity contribution in [2.75, 3.05) is 33.4 Å². The first-order chi connectivity index (χ1) is 14.4. The van der Waals surface area contributed by atoms with E-state index in [0.717, 1.165) is 12.8 Å². The molecule has 3 rings (SSSR count). The Kier molecular flexibility index (Phi) is 7.96. The van der Waals surface area contributed by atoms with Gasteiger partial charge in [-0.05, 0) is 51.8 Å². The summed E-state index contributed by atoms with van der Waals surface area (Å²) in [4.78, 5) is 14.5. The lowest BCUT2D eigenvalue weighted by molar-refractivity contribution is -0.121. The molecule has 1 aromatic carbocycles. The van der Waals surface area contributed by atoms with Crippen LogP contribution in [0.3, 0.4) is 0 Å². The number of fused-ring (bicyclic) bond motifs is 1. The van der Waals surface area contributed by atoms with Crippen LogP contribution in [-0.4, -0.2) is 64.7 Å². The molecule has 1 aliphatic carbocycles. The zero-order chi connectivity index (χ0) is 21.6. The fourth-order valence-corrected chi connectivity index (χ4v) is 4.49. The van der Waals surface area contributed by atoms with Gasteiger partial charge in [-0.25, -0.2) is 13.1 Å². The van der Waals surface area contributed by atoms with Gasteiger partial charge in [-0.1, -0.05) is 6.42 Å². The molecule has 30 heavy (non-hydrogen) atoms. The standard InChI is InChI=1S/C21H33N3O5S/c1-16(24(2)17-7-8-17)15-22-21(25)6-4-3-5-11-23-30(26,27)18-9-10-19-20(14-18)29-13-12-28-19/h9-10,14,16-17,23H,3-8,11-13,15H2,1-2H3,(H,22,25). The molecule has 1 fully saturated rings. The quantitative estimate of drug-likeness (QED) is 0.483. The Morgan fingerprint density at radius 1 is 1.17 bits per heavy atom. The molecule has 1 saturated carbocycles. The fourth-order valence-electron chi connectivity index (χ4n) is 3.40. The third-order valence-electron chi connectivity index (χ3n) is 5.61. The van der Waals surface area contributed by atoms with Crippen LogP contribution in [0, 0.1) is 0 Å². The van der Waals surface area contributed by atoms with Crippen LogP contribution in [0.5, 0.6) is 11.5 Å². The molecule has 0 aromatic heterocycles. The average Bonchev–Trinajstić information content (AvgIpc) is 3.59. The van der Waals surface area contributed by atoms with Gasteiger partial charge in [-0.3, -0.25) is 9.69 Å². The number of hydrogen-bond donors (Lipinski definition) is 2. The molecule has 2 N–H and O–H groups in total. The maximum atomic E-state index is 12.4. The maximum Gasteiger partial charge on any atom is 0.240 e. The smallest absolute Gasteiger partial charge is 0.240 e. The monoisotopic (exact) mass is 439 g/mol. The molecule has 1 heterocycles. The molecule has 168 valence electrons. The maximum absolute atomic E-state index is 12.4. The first kappa shape index (κ1) is 22.8. The largest absolute Gasteiger partial charge is 0.486 e. The number of sulfonamides is 1. The molecule has 1 amide bonds. The number of carbonyl (C=O) groups is 1. The lowest BCUT2D eigenvalue weighted by atomic mass is 10.2. The molecular weight excluding hydrogens is 406 g/mol. The molecule has 0 spiro atoms. The van der Waals surface area contributed by atoms with Crippen molar-refractivity contribution in [3.63, 3.8) is 0 Å². The summed E-state index contributed by atoms with van der Waals surface area (Å²) in [5.41, 5.74) is 0. The molecular formula is C21H33N3O5S. The van der Waals surface area contributed by atoms with E-state index >= 15 is 0 Å². The SMILES string of the molecule is CC(CNC(=O)CCCCCNS(=O)(=O)c1ccc2c(c1)OCCO2)N(C)C1CC1. The number of likely N-dealkylation sites (N-methyl/N-ethyl adjacent to an activating group) is 1. The van der Waals surface area contributed by atoms with Gasteiger partial charge in [0.15, 0.2) is 11.5 Å². The van der Waals surface area contributed by atoms with Crippen molar-refractivity contribution in [2.24, 2.45) is 0 Å². The van der Waals surface area contributed by atoms with Gasteiger partial charge in [-0.2, -0.15) is 0 Å². The van der Waals surface area contributed by atoms with E-state index in [1.165, 1.54) is 25.0 Å². The highest BCUT2D eigenvalue weighted by Crippen LogP contribution is 2.32. The summed E-state index contributed by atoms with van der Waals surface area (Å²) in [6.45, 7) is 4.01. The summed E-state index contributed by atoms with van der Waals surface area (Å²) in [7, 11) is -1.48. The van der Waals surface area contributed by atoms with Crippen molar-refractivity contribution >= 4 is 15.9 Å². The molecule has 0 bridgehead atoms. The summed E-state index contributed by atoms with van der Waals surface area (Å²) < 4.78 is 38.3. The van der Waals surface area contributed by atoms with Crippen molar-refractivity contribution in [1.29, 1.82) is 0 Å². The van der Waals surface area contributed by atoms with E-state index < -0.39 is 10.0 Å². The van der Waals surface area contributed by atoms with Crippen molar-refractivity contribution in [3.05, 3.63) is 18.2 Å². The van der Waals surface area contributed by atoms with Crippen LogP contribution in [0.2, 0.25) is 0 Å². The molecule has 9 heteroatoms. The van der Waals surface area contributed by atoms with Gasteiger partial charge in [0.1, 0.15) is 13.2 Å². The normalized spacial score (nSPS) is 17.0. The second kappa shape index (κ2) is 10.5. The third kappa shape index (κ3) is 6.58. The summed E-state index contributed by atoms with van der Waals surface area (Å²) in [6, 6.07) is 5.65. The van der Waals surface area contributed by atoms with Gasteiger partial charge in [0.2, 0.25) is 15.9 Å². The van der Waals surface area contributed by atoms with E-state index in [4.69, 9.17) is 9.47 Å². The van der Waals surface area contributed by atoms with Crippen molar-refractivity contribution < 1.29 is 22.7 Å². The first-order valence-electron chi connectivity index (χ1n) is 10.7. The minimum absolute atomic E-state index is 0.0582. The number of carbonyl (C=O) groups excluding carboxylic acids is 1. The van der Waals surface area contributed by atoms with Gasteiger partial charge in [-0.15, -0.1) is 0 Å². The average molecular weight is 440 g/mol. The van der Waals surface area contributed by atoms with Crippen LogP contribution in [0.4, 0.5) is 0 Å². The second-order valence-corrected chi connectivity index (χ2v) is 9.83. The Balaban J connectivity index is 1.29. The van der Waals surface area contributed by atoms with Gasteiger partial charge in [0.05, 0.1) is 4.90 Å². The minimum Gasteiger partial charge on any atom is -0.486 e. The van der Waals surface area contributed by atoms with Crippen LogP contribution in [-0.2, 0) is 14.8 Å². The highest BCUT2D eigenvalue weighted by atomic mass is 32.2.